The van der Waals surface area contributed by atoms with Gasteiger partial charge in [0.1, 0.15) is 18.0 Å². The molecule has 1 aromatic carbocycles. The Morgan fingerprint density at radius 3 is 2.69 bits per heavy atom. The van der Waals surface area contributed by atoms with Gasteiger partial charge in [-0.1, -0.05) is 13.0 Å². The molecule has 2 aromatic rings. The zero-order valence-corrected chi connectivity index (χ0v) is 20.7. The third-order valence-electron chi connectivity index (χ3n) is 6.73. The number of ether oxygens (including phenoxy) is 3. The molecule has 0 bridgehead atoms. The highest BCUT2D eigenvalue weighted by molar-refractivity contribution is 5.98. The number of carbonyl (C=O) groups excluding carboxylic acids is 3. The molecule has 2 aliphatic carbocycles. The largest absolute Gasteiger partial charge is 0.493 e. The van der Waals surface area contributed by atoms with Crippen LogP contribution in [-0.2, 0) is 20.7 Å². The van der Waals surface area contributed by atoms with Gasteiger partial charge in [-0.3, -0.25) is 9.59 Å². The van der Waals surface area contributed by atoms with Gasteiger partial charge in [0.05, 0.1) is 7.11 Å². The third-order valence-corrected chi connectivity index (χ3v) is 6.73. The lowest BCUT2D eigenvalue weighted by molar-refractivity contribution is -0.152. The van der Waals surface area contributed by atoms with Gasteiger partial charge in [-0.25, -0.2) is 14.2 Å². The fourth-order valence-electron chi connectivity index (χ4n) is 4.48. The number of nitrogens with one attached hydrogen (secondary N) is 1. The lowest BCUT2D eigenvalue weighted by Crippen LogP contribution is -2.42. The number of aromatic nitrogens is 1. The van der Waals surface area contributed by atoms with Crippen molar-refractivity contribution in [1.29, 1.82) is 0 Å². The van der Waals surface area contributed by atoms with Gasteiger partial charge in [0.15, 0.2) is 11.4 Å². The standard InChI is InChI=1S/C27H31FN2O6/c1-15-20-10-9-19(28)14-18(20)5-4-6-21(15)35-27(33)16(2)30-26(32)24-25(22(34-3)11-12-29-24)36-23(31)13-17-7-8-17/h9-12,14-17,21H,4-8,13H2,1-3H3,(H,30,32)/t15?,16-,21?/m0/s1. The quantitative estimate of drug-likeness (QED) is 0.432. The highest BCUT2D eigenvalue weighted by Crippen LogP contribution is 2.35. The van der Waals surface area contributed by atoms with Crippen molar-refractivity contribution in [3.63, 3.8) is 0 Å². The van der Waals surface area contributed by atoms with Crippen LogP contribution in [0.4, 0.5) is 4.39 Å². The molecular weight excluding hydrogens is 467 g/mol. The topological polar surface area (TPSA) is 104 Å². The first kappa shape index (κ1) is 25.6. The summed E-state index contributed by atoms with van der Waals surface area (Å²) in [4.78, 5) is 42.3. The molecule has 2 aliphatic rings. The van der Waals surface area contributed by atoms with Gasteiger partial charge < -0.3 is 19.5 Å². The number of esters is 2. The van der Waals surface area contributed by atoms with Gasteiger partial charge in [0, 0.05) is 24.6 Å². The number of carbonyl (C=O) groups is 3. The zero-order chi connectivity index (χ0) is 25.8. The maximum Gasteiger partial charge on any atom is 0.328 e. The normalized spacial score (nSPS) is 19.9. The van der Waals surface area contributed by atoms with E-state index in [0.29, 0.717) is 18.8 Å². The monoisotopic (exact) mass is 498 g/mol. The number of nitrogens with zero attached hydrogens (tertiary/aromatic N) is 1. The molecule has 36 heavy (non-hydrogen) atoms. The fraction of sp³-hybridized carbons (Fsp3) is 0.481. The minimum Gasteiger partial charge on any atom is -0.493 e. The number of hydrogen-bond donors (Lipinski definition) is 1. The van der Waals surface area contributed by atoms with E-state index in [1.54, 1.807) is 6.07 Å². The van der Waals surface area contributed by atoms with E-state index < -0.39 is 30.0 Å². The van der Waals surface area contributed by atoms with Crippen LogP contribution in [0.1, 0.15) is 73.5 Å². The molecule has 1 fully saturated rings. The molecule has 0 aliphatic heterocycles. The Hall–Kier alpha value is -3.49. The summed E-state index contributed by atoms with van der Waals surface area (Å²) >= 11 is 0. The Labute approximate surface area is 209 Å². The molecule has 8 nitrogen and oxygen atoms in total. The van der Waals surface area contributed by atoms with E-state index in [0.717, 1.165) is 30.4 Å². The fourth-order valence-corrected chi connectivity index (χ4v) is 4.48. The molecule has 1 heterocycles. The number of hydrogen-bond acceptors (Lipinski definition) is 7. The van der Waals surface area contributed by atoms with Crippen molar-refractivity contribution < 1.29 is 33.0 Å². The van der Waals surface area contributed by atoms with Gasteiger partial charge in [-0.15, -0.1) is 0 Å². The Morgan fingerprint density at radius 2 is 1.97 bits per heavy atom. The second-order valence-electron chi connectivity index (χ2n) is 9.51. The molecule has 9 heteroatoms. The molecule has 2 unspecified atom stereocenters. The number of fused-ring (bicyclic) bond motifs is 1. The van der Waals surface area contributed by atoms with Crippen LogP contribution in [-0.4, -0.2) is 42.1 Å². The van der Waals surface area contributed by atoms with Crippen LogP contribution in [0.15, 0.2) is 30.5 Å². The van der Waals surface area contributed by atoms with Gasteiger partial charge in [-0.05, 0) is 68.2 Å². The highest BCUT2D eigenvalue weighted by atomic mass is 19.1. The molecule has 1 N–H and O–H groups in total. The van der Waals surface area contributed by atoms with Crippen molar-refractivity contribution in [2.75, 3.05) is 7.11 Å². The summed E-state index contributed by atoms with van der Waals surface area (Å²) in [7, 11) is 1.40. The summed E-state index contributed by atoms with van der Waals surface area (Å²) in [5, 5.41) is 2.59. The predicted molar refractivity (Wildman–Crippen MR) is 128 cm³/mol. The molecular formula is C27H31FN2O6. The third kappa shape index (κ3) is 6.01. The van der Waals surface area contributed by atoms with Crippen LogP contribution in [0.5, 0.6) is 11.5 Å². The summed E-state index contributed by atoms with van der Waals surface area (Å²) in [5.74, 6) is -1.73. The molecule has 1 aromatic heterocycles. The van der Waals surface area contributed by atoms with E-state index in [9.17, 15) is 18.8 Å². The number of aryl methyl sites for hydroxylation is 1. The first-order valence-electron chi connectivity index (χ1n) is 12.3. The smallest absolute Gasteiger partial charge is 0.328 e. The predicted octanol–water partition coefficient (Wildman–Crippen LogP) is 4.10. The molecule has 0 saturated heterocycles. The van der Waals surface area contributed by atoms with Crippen LogP contribution < -0.4 is 14.8 Å². The van der Waals surface area contributed by atoms with Crippen molar-refractivity contribution in [2.24, 2.45) is 5.92 Å². The maximum atomic E-state index is 13.7. The summed E-state index contributed by atoms with van der Waals surface area (Å²) in [6.07, 6.45) is 5.27. The second-order valence-corrected chi connectivity index (χ2v) is 9.51. The SMILES string of the molecule is COc1ccnc(C(=O)N[C@@H](C)C(=O)OC2CCCc3cc(F)ccc3C2C)c1OC(=O)CC1CC1. The number of amides is 1. The van der Waals surface area contributed by atoms with Crippen LogP contribution in [0.3, 0.4) is 0 Å². The Kier molecular flexibility index (Phi) is 7.86. The van der Waals surface area contributed by atoms with E-state index >= 15 is 0 Å². The first-order valence-corrected chi connectivity index (χ1v) is 12.3. The minimum atomic E-state index is -0.983. The van der Waals surface area contributed by atoms with E-state index in [4.69, 9.17) is 14.2 Å². The van der Waals surface area contributed by atoms with E-state index in [2.05, 4.69) is 10.3 Å². The number of rotatable bonds is 8. The minimum absolute atomic E-state index is 0.0788. The van der Waals surface area contributed by atoms with Gasteiger partial charge in [0.25, 0.3) is 5.91 Å². The summed E-state index contributed by atoms with van der Waals surface area (Å²) in [6, 6.07) is 5.20. The van der Waals surface area contributed by atoms with Crippen molar-refractivity contribution in [2.45, 2.75) is 70.4 Å². The summed E-state index contributed by atoms with van der Waals surface area (Å²) in [6.45, 7) is 3.47. The van der Waals surface area contributed by atoms with Gasteiger partial charge in [-0.2, -0.15) is 0 Å². The van der Waals surface area contributed by atoms with Gasteiger partial charge >= 0.3 is 11.9 Å². The zero-order valence-electron chi connectivity index (χ0n) is 20.7. The Balaban J connectivity index is 1.42. The molecule has 0 spiro atoms. The Morgan fingerprint density at radius 1 is 1.19 bits per heavy atom. The number of methoxy groups -OCH3 is 1. The lowest BCUT2D eigenvalue weighted by atomic mass is 9.92. The van der Waals surface area contributed by atoms with Crippen molar-refractivity contribution >= 4 is 17.8 Å². The highest BCUT2D eigenvalue weighted by Gasteiger charge is 2.31. The molecule has 0 radical (unpaired) electrons. The van der Waals surface area contributed by atoms with Crippen LogP contribution >= 0.6 is 0 Å². The van der Waals surface area contributed by atoms with Crippen molar-refractivity contribution in [3.8, 4) is 11.5 Å². The Bertz CT molecular complexity index is 1150. The van der Waals surface area contributed by atoms with Crippen LogP contribution in [0.25, 0.3) is 0 Å². The summed E-state index contributed by atoms with van der Waals surface area (Å²) < 4.78 is 30.1. The van der Waals surface area contributed by atoms with Crippen LogP contribution in [0, 0.1) is 11.7 Å². The molecule has 3 atom stereocenters. The molecule has 4 rings (SSSR count). The first-order chi connectivity index (χ1) is 17.3. The van der Waals surface area contributed by atoms with E-state index in [-0.39, 0.29) is 35.3 Å². The van der Waals surface area contributed by atoms with Gasteiger partial charge in [0.2, 0.25) is 5.75 Å². The molecule has 192 valence electrons. The van der Waals surface area contributed by atoms with E-state index in [1.165, 1.54) is 38.4 Å². The molecule has 1 amide bonds. The number of benzene rings is 1. The molecule has 1 saturated carbocycles. The average Bonchev–Trinajstić information content (AvgIpc) is 3.67. The lowest BCUT2D eigenvalue weighted by Gasteiger charge is -2.25. The second kappa shape index (κ2) is 11.1. The number of pyridine rings is 1. The van der Waals surface area contributed by atoms with E-state index in [1.807, 2.05) is 6.92 Å². The van der Waals surface area contributed by atoms with Crippen molar-refractivity contribution in [1.82, 2.24) is 10.3 Å². The summed E-state index contributed by atoms with van der Waals surface area (Å²) in [5.41, 5.74) is 1.73. The number of halogens is 1. The maximum absolute atomic E-state index is 13.7. The van der Waals surface area contributed by atoms with Crippen LogP contribution in [0.2, 0.25) is 0 Å². The average molecular weight is 499 g/mol. The van der Waals surface area contributed by atoms with Crippen molar-refractivity contribution in [3.05, 3.63) is 53.1 Å².